The van der Waals surface area contributed by atoms with Crippen LogP contribution >= 0.6 is 0 Å². The number of rotatable bonds is 7. The zero-order valence-corrected chi connectivity index (χ0v) is 8.34. The minimum Gasteiger partial charge on any atom is -0.395 e. The second-order valence-corrected chi connectivity index (χ2v) is 3.16. The number of aliphatic hydroxyl groups excluding tert-OH is 1. The van der Waals surface area contributed by atoms with E-state index in [1.54, 1.807) is 0 Å². The van der Waals surface area contributed by atoms with Gasteiger partial charge in [0.15, 0.2) is 0 Å². The fraction of sp³-hybridized carbons (Fsp3) is 1.00. The Morgan fingerprint density at radius 1 is 1.42 bits per heavy atom. The van der Waals surface area contributed by atoms with E-state index >= 15 is 0 Å². The predicted octanol–water partition coefficient (Wildman–Crippen LogP) is 0.772. The zero-order valence-electron chi connectivity index (χ0n) is 8.34. The lowest BCUT2D eigenvalue weighted by Gasteiger charge is -2.14. The van der Waals surface area contributed by atoms with Gasteiger partial charge in [-0.2, -0.15) is 0 Å². The maximum Gasteiger partial charge on any atom is 0.0594 e. The Morgan fingerprint density at radius 3 is 2.50 bits per heavy atom. The van der Waals surface area contributed by atoms with E-state index in [1.165, 1.54) is 0 Å². The van der Waals surface area contributed by atoms with Crippen molar-refractivity contribution in [1.82, 2.24) is 5.32 Å². The van der Waals surface area contributed by atoms with Crippen LogP contribution in [0.5, 0.6) is 0 Å². The molecule has 0 aromatic heterocycles. The fourth-order valence-corrected chi connectivity index (χ4v) is 0.896. The Morgan fingerprint density at radius 2 is 2.08 bits per heavy atom. The zero-order chi connectivity index (χ0) is 9.40. The number of ether oxygens (including phenoxy) is 1. The Bertz CT molecular complexity index is 92.5. The van der Waals surface area contributed by atoms with Gasteiger partial charge < -0.3 is 15.2 Å². The summed E-state index contributed by atoms with van der Waals surface area (Å²) in [6.07, 6.45) is 1.25. The number of hydrogen-bond acceptors (Lipinski definition) is 3. The summed E-state index contributed by atoms with van der Waals surface area (Å²) in [6.45, 7) is 7.83. The van der Waals surface area contributed by atoms with Crippen LogP contribution in [0.2, 0.25) is 0 Å². The van der Waals surface area contributed by atoms with E-state index in [-0.39, 0.29) is 12.6 Å². The van der Waals surface area contributed by atoms with E-state index in [2.05, 4.69) is 12.2 Å². The number of hydrogen-bond donors (Lipinski definition) is 2. The Balaban J connectivity index is 3.17. The molecule has 0 fully saturated rings. The van der Waals surface area contributed by atoms with E-state index in [0.717, 1.165) is 13.0 Å². The SMILES string of the molecule is CCC(CO)NCCOC(C)C. The third kappa shape index (κ3) is 6.58. The van der Waals surface area contributed by atoms with Gasteiger partial charge in [0.2, 0.25) is 0 Å². The van der Waals surface area contributed by atoms with Gasteiger partial charge >= 0.3 is 0 Å². The average Bonchev–Trinajstić information content (AvgIpc) is 2.04. The summed E-state index contributed by atoms with van der Waals surface area (Å²) in [5.41, 5.74) is 0. The number of nitrogens with one attached hydrogen (secondary N) is 1. The monoisotopic (exact) mass is 175 g/mol. The average molecular weight is 175 g/mol. The van der Waals surface area contributed by atoms with Crippen molar-refractivity contribution in [2.75, 3.05) is 19.8 Å². The molecule has 0 spiro atoms. The Labute approximate surface area is 75.1 Å². The van der Waals surface area contributed by atoms with Crippen LogP contribution in [0.1, 0.15) is 27.2 Å². The molecular weight excluding hydrogens is 154 g/mol. The van der Waals surface area contributed by atoms with Crippen LogP contribution in [-0.4, -0.2) is 37.0 Å². The molecule has 3 nitrogen and oxygen atoms in total. The molecule has 0 aromatic carbocycles. The highest BCUT2D eigenvalue weighted by atomic mass is 16.5. The van der Waals surface area contributed by atoms with Gasteiger partial charge in [-0.3, -0.25) is 0 Å². The molecule has 0 saturated carbocycles. The van der Waals surface area contributed by atoms with Gasteiger partial charge in [-0.05, 0) is 20.3 Å². The molecule has 1 unspecified atom stereocenters. The van der Waals surface area contributed by atoms with Gasteiger partial charge in [-0.25, -0.2) is 0 Å². The first-order valence-electron chi connectivity index (χ1n) is 4.66. The van der Waals surface area contributed by atoms with Crippen molar-refractivity contribution in [2.24, 2.45) is 0 Å². The van der Waals surface area contributed by atoms with Crippen LogP contribution in [0.25, 0.3) is 0 Å². The molecular formula is C9H21NO2. The summed E-state index contributed by atoms with van der Waals surface area (Å²) in [4.78, 5) is 0. The summed E-state index contributed by atoms with van der Waals surface area (Å²) in [5, 5.41) is 12.0. The van der Waals surface area contributed by atoms with Crippen LogP contribution in [0.15, 0.2) is 0 Å². The highest BCUT2D eigenvalue weighted by molar-refractivity contribution is 4.61. The molecule has 0 aliphatic carbocycles. The molecule has 0 bridgehead atoms. The first kappa shape index (κ1) is 11.9. The van der Waals surface area contributed by atoms with Crippen molar-refractivity contribution in [1.29, 1.82) is 0 Å². The van der Waals surface area contributed by atoms with Crippen LogP contribution in [0.3, 0.4) is 0 Å². The maximum atomic E-state index is 8.83. The lowest BCUT2D eigenvalue weighted by Crippen LogP contribution is -2.34. The predicted molar refractivity (Wildman–Crippen MR) is 50.3 cm³/mol. The van der Waals surface area contributed by atoms with Crippen molar-refractivity contribution in [3.63, 3.8) is 0 Å². The Hall–Kier alpha value is -0.120. The van der Waals surface area contributed by atoms with E-state index in [1.807, 2.05) is 13.8 Å². The van der Waals surface area contributed by atoms with Gasteiger partial charge in [0.25, 0.3) is 0 Å². The highest BCUT2D eigenvalue weighted by Crippen LogP contribution is 1.89. The maximum absolute atomic E-state index is 8.83. The van der Waals surface area contributed by atoms with E-state index in [4.69, 9.17) is 9.84 Å². The van der Waals surface area contributed by atoms with Crippen molar-refractivity contribution < 1.29 is 9.84 Å². The molecule has 0 aliphatic heterocycles. The van der Waals surface area contributed by atoms with Gasteiger partial charge in [0, 0.05) is 12.6 Å². The quantitative estimate of drug-likeness (QED) is 0.562. The largest absolute Gasteiger partial charge is 0.395 e. The summed E-state index contributed by atoms with van der Waals surface area (Å²) < 4.78 is 5.34. The minimum absolute atomic E-state index is 0.207. The lowest BCUT2D eigenvalue weighted by molar-refractivity contribution is 0.0776. The molecule has 0 aromatic rings. The summed E-state index contributed by atoms with van der Waals surface area (Å²) in [7, 11) is 0. The molecule has 0 aliphatic rings. The van der Waals surface area contributed by atoms with E-state index in [0.29, 0.717) is 12.7 Å². The van der Waals surface area contributed by atoms with Crippen molar-refractivity contribution in [3.05, 3.63) is 0 Å². The van der Waals surface area contributed by atoms with Crippen LogP contribution in [0.4, 0.5) is 0 Å². The second-order valence-electron chi connectivity index (χ2n) is 3.16. The third-order valence-corrected chi connectivity index (χ3v) is 1.70. The standard InChI is InChI=1S/C9H21NO2/c1-4-9(7-11)10-5-6-12-8(2)3/h8-11H,4-7H2,1-3H3. The fourth-order valence-electron chi connectivity index (χ4n) is 0.896. The van der Waals surface area contributed by atoms with Crippen molar-refractivity contribution >= 4 is 0 Å². The molecule has 0 heterocycles. The van der Waals surface area contributed by atoms with E-state index < -0.39 is 0 Å². The highest BCUT2D eigenvalue weighted by Gasteiger charge is 2.01. The Kier molecular flexibility index (Phi) is 7.45. The van der Waals surface area contributed by atoms with E-state index in [9.17, 15) is 0 Å². The summed E-state index contributed by atoms with van der Waals surface area (Å²) in [5.74, 6) is 0. The first-order valence-corrected chi connectivity index (χ1v) is 4.66. The normalized spacial score (nSPS) is 13.8. The van der Waals surface area contributed by atoms with Gasteiger partial charge in [-0.1, -0.05) is 6.92 Å². The van der Waals surface area contributed by atoms with Crippen LogP contribution < -0.4 is 5.32 Å². The lowest BCUT2D eigenvalue weighted by atomic mass is 10.2. The molecule has 3 heteroatoms. The minimum atomic E-state index is 0.207. The molecule has 12 heavy (non-hydrogen) atoms. The molecule has 0 radical (unpaired) electrons. The van der Waals surface area contributed by atoms with Gasteiger partial charge in [-0.15, -0.1) is 0 Å². The van der Waals surface area contributed by atoms with Crippen LogP contribution in [0, 0.1) is 0 Å². The molecule has 0 amide bonds. The second kappa shape index (κ2) is 7.53. The molecule has 1 atom stereocenters. The molecule has 74 valence electrons. The molecule has 0 rings (SSSR count). The topological polar surface area (TPSA) is 41.5 Å². The van der Waals surface area contributed by atoms with Gasteiger partial charge in [0.05, 0.1) is 19.3 Å². The third-order valence-electron chi connectivity index (χ3n) is 1.70. The van der Waals surface area contributed by atoms with Crippen LogP contribution in [-0.2, 0) is 4.74 Å². The van der Waals surface area contributed by atoms with Gasteiger partial charge in [0.1, 0.15) is 0 Å². The summed E-state index contributed by atoms with van der Waals surface area (Å²) >= 11 is 0. The van der Waals surface area contributed by atoms with Crippen molar-refractivity contribution in [2.45, 2.75) is 39.3 Å². The summed E-state index contributed by atoms with van der Waals surface area (Å²) in [6, 6.07) is 0.223. The molecule has 2 N–H and O–H groups in total. The van der Waals surface area contributed by atoms with Crippen molar-refractivity contribution in [3.8, 4) is 0 Å². The first-order chi connectivity index (χ1) is 5.70. The molecule has 0 saturated heterocycles. The number of aliphatic hydroxyl groups is 1. The smallest absolute Gasteiger partial charge is 0.0594 e.